The molecule has 120 valence electrons. The number of hydrogen-bond donors (Lipinski definition) is 2. The number of rotatable bonds is 6. The molecule has 0 saturated heterocycles. The van der Waals surface area contributed by atoms with E-state index < -0.39 is 0 Å². The van der Waals surface area contributed by atoms with Gasteiger partial charge in [0.15, 0.2) is 0 Å². The lowest BCUT2D eigenvalue weighted by atomic mass is 9.82. The Bertz CT molecular complexity index is 482. The van der Waals surface area contributed by atoms with Gasteiger partial charge in [-0.25, -0.2) is 4.79 Å². The van der Waals surface area contributed by atoms with Crippen LogP contribution in [0.25, 0.3) is 0 Å². The van der Waals surface area contributed by atoms with Crippen molar-refractivity contribution in [3.8, 4) is 0 Å². The van der Waals surface area contributed by atoms with E-state index in [4.69, 9.17) is 9.47 Å². The fraction of sp³-hybridized carbons (Fsp3) is 0.588. The van der Waals surface area contributed by atoms with Gasteiger partial charge < -0.3 is 20.1 Å². The van der Waals surface area contributed by atoms with Gasteiger partial charge in [0.2, 0.25) is 0 Å². The summed E-state index contributed by atoms with van der Waals surface area (Å²) in [6.45, 7) is 0.321. The van der Waals surface area contributed by atoms with Gasteiger partial charge in [-0.1, -0.05) is 30.3 Å². The lowest BCUT2D eigenvalue weighted by Crippen LogP contribution is -2.57. The molecule has 0 bridgehead atoms. The van der Waals surface area contributed by atoms with Gasteiger partial charge >= 0.3 is 6.09 Å². The molecule has 2 fully saturated rings. The van der Waals surface area contributed by atoms with Crippen molar-refractivity contribution in [1.29, 1.82) is 0 Å². The first-order chi connectivity index (χ1) is 10.7. The number of alkyl carbamates (subject to hydrolysis) is 1. The summed E-state index contributed by atoms with van der Waals surface area (Å²) in [7, 11) is 1.77. The Morgan fingerprint density at radius 3 is 2.45 bits per heavy atom. The Labute approximate surface area is 131 Å². The van der Waals surface area contributed by atoms with E-state index in [1.807, 2.05) is 30.3 Å². The van der Waals surface area contributed by atoms with Gasteiger partial charge in [-0.05, 0) is 31.2 Å². The average Bonchev–Trinajstić information content (AvgIpc) is 2.46. The van der Waals surface area contributed by atoms with E-state index in [9.17, 15) is 4.79 Å². The normalized spacial score (nSPS) is 30.0. The Balaban J connectivity index is 1.27. The van der Waals surface area contributed by atoms with Crippen LogP contribution in [-0.4, -0.2) is 37.4 Å². The van der Waals surface area contributed by atoms with Gasteiger partial charge in [0.05, 0.1) is 6.10 Å². The molecule has 0 spiro atoms. The van der Waals surface area contributed by atoms with Crippen molar-refractivity contribution in [1.82, 2.24) is 10.6 Å². The van der Waals surface area contributed by atoms with Crippen LogP contribution in [0.4, 0.5) is 4.79 Å². The summed E-state index contributed by atoms with van der Waals surface area (Å²) in [5.74, 6) is 0. The second-order valence-corrected chi connectivity index (χ2v) is 6.26. The van der Waals surface area contributed by atoms with Crippen LogP contribution in [0, 0.1) is 0 Å². The molecule has 0 aromatic heterocycles. The highest BCUT2D eigenvalue weighted by Crippen LogP contribution is 2.27. The lowest BCUT2D eigenvalue weighted by Gasteiger charge is -2.43. The molecule has 1 aromatic rings. The van der Waals surface area contributed by atoms with Gasteiger partial charge in [0.1, 0.15) is 6.61 Å². The molecule has 22 heavy (non-hydrogen) atoms. The van der Waals surface area contributed by atoms with Crippen LogP contribution in [0.3, 0.4) is 0 Å². The molecule has 2 aliphatic carbocycles. The molecule has 0 heterocycles. The first-order valence-electron chi connectivity index (χ1n) is 7.99. The third-order valence-corrected chi connectivity index (χ3v) is 4.57. The number of amides is 1. The van der Waals surface area contributed by atoms with Crippen LogP contribution in [0.5, 0.6) is 0 Å². The molecule has 5 heteroatoms. The van der Waals surface area contributed by atoms with E-state index in [0.29, 0.717) is 24.8 Å². The third kappa shape index (κ3) is 3.99. The minimum absolute atomic E-state index is 0.235. The third-order valence-electron chi connectivity index (χ3n) is 4.57. The molecule has 2 saturated carbocycles. The van der Waals surface area contributed by atoms with Crippen LogP contribution in [0.1, 0.15) is 31.2 Å². The van der Waals surface area contributed by atoms with Gasteiger partial charge in [0.25, 0.3) is 0 Å². The Morgan fingerprint density at radius 2 is 1.77 bits per heavy atom. The number of hydrogen-bond acceptors (Lipinski definition) is 4. The van der Waals surface area contributed by atoms with Crippen LogP contribution in [0.2, 0.25) is 0 Å². The lowest BCUT2D eigenvalue weighted by molar-refractivity contribution is 0.00932. The first kappa shape index (κ1) is 15.3. The summed E-state index contributed by atoms with van der Waals surface area (Å²) in [6.07, 6.45) is 4.27. The van der Waals surface area contributed by atoms with Gasteiger partial charge in [-0.2, -0.15) is 0 Å². The first-order valence-corrected chi connectivity index (χ1v) is 7.99. The quantitative estimate of drug-likeness (QED) is 0.846. The maximum absolute atomic E-state index is 11.7. The highest BCUT2D eigenvalue weighted by atomic mass is 16.5. The van der Waals surface area contributed by atoms with E-state index in [1.165, 1.54) is 0 Å². The molecule has 0 unspecified atom stereocenters. The van der Waals surface area contributed by atoms with Crippen molar-refractivity contribution in [2.75, 3.05) is 7.11 Å². The van der Waals surface area contributed by atoms with Gasteiger partial charge in [-0.15, -0.1) is 0 Å². The minimum Gasteiger partial charge on any atom is -0.445 e. The molecule has 0 radical (unpaired) electrons. The second-order valence-electron chi connectivity index (χ2n) is 6.26. The largest absolute Gasteiger partial charge is 0.445 e. The van der Waals surface area contributed by atoms with Crippen molar-refractivity contribution < 1.29 is 14.3 Å². The maximum Gasteiger partial charge on any atom is 0.407 e. The number of carbonyl (C=O) groups is 1. The van der Waals surface area contributed by atoms with E-state index in [0.717, 1.165) is 31.2 Å². The summed E-state index contributed by atoms with van der Waals surface area (Å²) < 4.78 is 10.5. The smallest absolute Gasteiger partial charge is 0.407 e. The number of nitrogens with one attached hydrogen (secondary N) is 2. The predicted molar refractivity (Wildman–Crippen MR) is 83.5 cm³/mol. The van der Waals surface area contributed by atoms with E-state index in [2.05, 4.69) is 10.6 Å². The zero-order valence-corrected chi connectivity index (χ0v) is 13.0. The highest BCUT2D eigenvalue weighted by molar-refractivity contribution is 5.67. The standard InChI is InChI=1S/C17H24N2O3/c1-21-16-9-15(10-16)18-13-7-14(8-13)19-17(20)22-11-12-5-3-2-4-6-12/h2-6,13-16,18H,7-11H2,1H3,(H,19,20). The van der Waals surface area contributed by atoms with Crippen molar-refractivity contribution in [3.63, 3.8) is 0 Å². The molecular weight excluding hydrogens is 280 g/mol. The molecule has 1 amide bonds. The van der Waals surface area contributed by atoms with Crippen molar-refractivity contribution in [3.05, 3.63) is 35.9 Å². The van der Waals surface area contributed by atoms with Crippen molar-refractivity contribution >= 4 is 6.09 Å². The van der Waals surface area contributed by atoms with E-state index >= 15 is 0 Å². The molecule has 2 N–H and O–H groups in total. The summed E-state index contributed by atoms with van der Waals surface area (Å²) in [6, 6.07) is 11.1. The highest BCUT2D eigenvalue weighted by Gasteiger charge is 2.36. The van der Waals surface area contributed by atoms with Crippen LogP contribution >= 0.6 is 0 Å². The van der Waals surface area contributed by atoms with Crippen LogP contribution in [0.15, 0.2) is 30.3 Å². The zero-order valence-electron chi connectivity index (χ0n) is 13.0. The van der Waals surface area contributed by atoms with Gasteiger partial charge in [-0.3, -0.25) is 0 Å². The van der Waals surface area contributed by atoms with E-state index in [-0.39, 0.29) is 12.1 Å². The van der Waals surface area contributed by atoms with Crippen LogP contribution < -0.4 is 10.6 Å². The fourth-order valence-electron chi connectivity index (χ4n) is 3.03. The van der Waals surface area contributed by atoms with Crippen molar-refractivity contribution in [2.45, 2.75) is 56.5 Å². The molecule has 0 aliphatic heterocycles. The van der Waals surface area contributed by atoms with Crippen LogP contribution in [-0.2, 0) is 16.1 Å². The molecule has 3 rings (SSSR count). The van der Waals surface area contributed by atoms with Crippen molar-refractivity contribution in [2.24, 2.45) is 0 Å². The molecule has 0 atom stereocenters. The Kier molecular flexibility index (Phi) is 4.95. The maximum atomic E-state index is 11.7. The number of carbonyl (C=O) groups excluding carboxylic acids is 1. The summed E-state index contributed by atoms with van der Waals surface area (Å²) in [5, 5.41) is 6.53. The molecule has 1 aromatic carbocycles. The summed E-state index contributed by atoms with van der Waals surface area (Å²) >= 11 is 0. The van der Waals surface area contributed by atoms with Gasteiger partial charge in [0, 0.05) is 25.2 Å². The monoisotopic (exact) mass is 304 g/mol. The molecule has 5 nitrogen and oxygen atoms in total. The zero-order chi connectivity index (χ0) is 15.4. The number of ether oxygens (including phenoxy) is 2. The Morgan fingerprint density at radius 1 is 1.09 bits per heavy atom. The fourth-order valence-corrected chi connectivity index (χ4v) is 3.03. The number of benzene rings is 1. The average molecular weight is 304 g/mol. The summed E-state index contributed by atoms with van der Waals surface area (Å²) in [5.41, 5.74) is 1.00. The van der Waals surface area contributed by atoms with E-state index in [1.54, 1.807) is 7.11 Å². The molecular formula is C17H24N2O3. The molecule has 2 aliphatic rings. The SMILES string of the molecule is COC1CC(NC2CC(NC(=O)OCc3ccccc3)C2)C1. The topological polar surface area (TPSA) is 59.6 Å². The Hall–Kier alpha value is -1.59. The number of methoxy groups -OCH3 is 1. The predicted octanol–water partition coefficient (Wildman–Crippen LogP) is 2.21. The summed E-state index contributed by atoms with van der Waals surface area (Å²) in [4.78, 5) is 11.7. The second kappa shape index (κ2) is 7.11. The minimum atomic E-state index is -0.324.